The van der Waals surface area contributed by atoms with Crippen LogP contribution in [-0.4, -0.2) is 22.0 Å². The highest BCUT2D eigenvalue weighted by atomic mass is 32.1. The van der Waals surface area contributed by atoms with Gasteiger partial charge < -0.3 is 9.88 Å². The van der Waals surface area contributed by atoms with Crippen LogP contribution in [0.1, 0.15) is 17.0 Å². The van der Waals surface area contributed by atoms with E-state index in [1.165, 1.54) is 0 Å². The molecule has 0 spiro atoms. The molecule has 3 rings (SSSR count). The number of aryl methyl sites for hydroxylation is 1. The van der Waals surface area contributed by atoms with Gasteiger partial charge in [0.25, 0.3) is 5.56 Å². The van der Waals surface area contributed by atoms with Gasteiger partial charge in [0.1, 0.15) is 12.1 Å². The second-order valence-electron chi connectivity index (χ2n) is 5.88. The van der Waals surface area contributed by atoms with Gasteiger partial charge in [-0.15, -0.1) is 11.3 Å². The van der Waals surface area contributed by atoms with Crippen LogP contribution in [0, 0.1) is 0 Å². The molecule has 2 heterocycles. The summed E-state index contributed by atoms with van der Waals surface area (Å²) in [4.78, 5) is 28.2. The first-order valence-corrected chi connectivity index (χ1v) is 9.04. The number of nitrogens with zero attached hydrogens (tertiary/aromatic N) is 2. The van der Waals surface area contributed by atoms with Crippen LogP contribution in [0.2, 0.25) is 0 Å². The van der Waals surface area contributed by atoms with E-state index in [-0.39, 0.29) is 0 Å². The van der Waals surface area contributed by atoms with Crippen molar-refractivity contribution in [2.45, 2.75) is 25.6 Å². The SMILES string of the molecule is O=C(Cn1cccc(C(F)(F)F)c1=O)NCCCc1nc2ccccc2s1. The van der Waals surface area contributed by atoms with Gasteiger partial charge in [-0.1, -0.05) is 12.1 Å². The minimum atomic E-state index is -4.74. The summed E-state index contributed by atoms with van der Waals surface area (Å²) in [5.74, 6) is -0.513. The van der Waals surface area contributed by atoms with Gasteiger partial charge in [0, 0.05) is 19.2 Å². The molecule has 9 heteroatoms. The van der Waals surface area contributed by atoms with Crippen LogP contribution in [0.4, 0.5) is 13.2 Å². The first-order valence-electron chi connectivity index (χ1n) is 8.22. The van der Waals surface area contributed by atoms with E-state index >= 15 is 0 Å². The van der Waals surface area contributed by atoms with Gasteiger partial charge in [-0.25, -0.2) is 4.98 Å². The molecule has 0 saturated carbocycles. The number of nitrogens with one attached hydrogen (secondary N) is 1. The highest BCUT2D eigenvalue weighted by molar-refractivity contribution is 7.18. The molecule has 1 aromatic carbocycles. The summed E-state index contributed by atoms with van der Waals surface area (Å²) in [6.07, 6.45) is -2.25. The van der Waals surface area contributed by atoms with E-state index in [0.717, 1.165) is 32.1 Å². The molecule has 0 aliphatic carbocycles. The Morgan fingerprint density at radius 1 is 1.19 bits per heavy atom. The predicted molar refractivity (Wildman–Crippen MR) is 96.7 cm³/mol. The van der Waals surface area contributed by atoms with Crippen molar-refractivity contribution in [2.75, 3.05) is 6.54 Å². The van der Waals surface area contributed by atoms with E-state index < -0.39 is 29.8 Å². The Morgan fingerprint density at radius 3 is 2.70 bits per heavy atom. The number of para-hydroxylation sites is 1. The third kappa shape index (κ3) is 4.73. The van der Waals surface area contributed by atoms with Crippen LogP contribution in [0.5, 0.6) is 0 Å². The normalized spacial score (nSPS) is 11.7. The molecule has 0 atom stereocenters. The van der Waals surface area contributed by atoms with Crippen LogP contribution in [0.15, 0.2) is 47.4 Å². The number of pyridine rings is 1. The monoisotopic (exact) mass is 395 g/mol. The highest BCUT2D eigenvalue weighted by Gasteiger charge is 2.34. The molecule has 2 aromatic heterocycles. The molecule has 0 radical (unpaired) electrons. The van der Waals surface area contributed by atoms with Crippen LogP contribution < -0.4 is 10.9 Å². The molecule has 1 amide bonds. The summed E-state index contributed by atoms with van der Waals surface area (Å²) in [5.41, 5.74) is -1.58. The Morgan fingerprint density at radius 2 is 1.96 bits per heavy atom. The van der Waals surface area contributed by atoms with Crippen LogP contribution in [0.3, 0.4) is 0 Å². The second-order valence-corrected chi connectivity index (χ2v) is 7.00. The summed E-state index contributed by atoms with van der Waals surface area (Å²) in [5, 5.41) is 3.58. The number of carbonyl (C=O) groups is 1. The van der Waals surface area contributed by atoms with E-state index in [1.54, 1.807) is 11.3 Å². The summed E-state index contributed by atoms with van der Waals surface area (Å²) >= 11 is 1.59. The standard InChI is InChI=1S/C18H16F3N3O2S/c19-18(20,21)12-5-4-10-24(17(12)26)11-15(25)22-9-3-8-16-23-13-6-1-2-7-14(13)27-16/h1-2,4-7,10H,3,8-9,11H2,(H,22,25). The summed E-state index contributed by atoms with van der Waals surface area (Å²) in [7, 11) is 0. The summed E-state index contributed by atoms with van der Waals surface area (Å²) in [6.45, 7) is -0.105. The predicted octanol–water partition coefficient (Wildman–Crippen LogP) is 3.23. The smallest absolute Gasteiger partial charge is 0.355 e. The highest BCUT2D eigenvalue weighted by Crippen LogP contribution is 2.26. The topological polar surface area (TPSA) is 64.0 Å². The Balaban J connectivity index is 1.51. The number of aromatic nitrogens is 2. The molecule has 0 saturated heterocycles. The van der Waals surface area contributed by atoms with Gasteiger partial charge in [-0.2, -0.15) is 13.2 Å². The van der Waals surface area contributed by atoms with Gasteiger partial charge in [-0.3, -0.25) is 9.59 Å². The van der Waals surface area contributed by atoms with E-state index in [0.29, 0.717) is 25.5 Å². The number of halogens is 3. The number of hydrogen-bond acceptors (Lipinski definition) is 4. The molecule has 1 N–H and O–H groups in total. The zero-order valence-corrected chi connectivity index (χ0v) is 14.9. The van der Waals surface area contributed by atoms with Crippen molar-refractivity contribution in [3.8, 4) is 0 Å². The van der Waals surface area contributed by atoms with Crippen LogP contribution in [-0.2, 0) is 23.9 Å². The van der Waals surface area contributed by atoms with Gasteiger partial charge in [0.15, 0.2) is 0 Å². The molecule has 0 fully saturated rings. The number of rotatable bonds is 6. The lowest BCUT2D eigenvalue weighted by molar-refractivity contribution is -0.139. The fourth-order valence-electron chi connectivity index (χ4n) is 2.58. The number of carbonyl (C=O) groups excluding carboxylic acids is 1. The second kappa shape index (κ2) is 7.91. The maximum atomic E-state index is 12.7. The zero-order valence-electron chi connectivity index (χ0n) is 14.1. The van der Waals surface area contributed by atoms with E-state index in [9.17, 15) is 22.8 Å². The number of benzene rings is 1. The quantitative estimate of drug-likeness (QED) is 0.652. The average Bonchev–Trinajstić information content (AvgIpc) is 3.02. The van der Waals surface area contributed by atoms with Crippen LogP contribution in [0.25, 0.3) is 10.2 Å². The van der Waals surface area contributed by atoms with Crippen molar-refractivity contribution in [2.24, 2.45) is 0 Å². The van der Waals surface area contributed by atoms with Crippen molar-refractivity contribution in [3.05, 3.63) is 63.5 Å². The lowest BCUT2D eigenvalue weighted by Crippen LogP contribution is -2.35. The molecule has 5 nitrogen and oxygen atoms in total. The molecular weight excluding hydrogens is 379 g/mol. The first-order chi connectivity index (χ1) is 12.8. The number of fused-ring (bicyclic) bond motifs is 1. The van der Waals surface area contributed by atoms with Gasteiger partial charge >= 0.3 is 6.18 Å². The third-order valence-corrected chi connectivity index (χ3v) is 4.96. The van der Waals surface area contributed by atoms with Gasteiger partial charge in [0.05, 0.1) is 15.2 Å². The molecular formula is C18H16F3N3O2S. The minimum absolute atomic E-state index is 0.350. The minimum Gasteiger partial charge on any atom is -0.355 e. The Hall–Kier alpha value is -2.68. The molecule has 27 heavy (non-hydrogen) atoms. The fourth-order valence-corrected chi connectivity index (χ4v) is 3.59. The van der Waals surface area contributed by atoms with Crippen molar-refractivity contribution in [1.82, 2.24) is 14.9 Å². The Kier molecular flexibility index (Phi) is 5.59. The number of hydrogen-bond donors (Lipinski definition) is 1. The van der Waals surface area contributed by atoms with Crippen LogP contribution >= 0.6 is 11.3 Å². The molecule has 0 bridgehead atoms. The largest absolute Gasteiger partial charge is 0.421 e. The van der Waals surface area contributed by atoms with Crippen molar-refractivity contribution >= 4 is 27.5 Å². The fraction of sp³-hybridized carbons (Fsp3) is 0.278. The molecule has 0 aliphatic heterocycles. The van der Waals surface area contributed by atoms with E-state index in [4.69, 9.17) is 0 Å². The zero-order chi connectivity index (χ0) is 19.4. The molecule has 0 aliphatic rings. The third-order valence-electron chi connectivity index (χ3n) is 3.87. The molecule has 142 valence electrons. The van der Waals surface area contributed by atoms with Crippen molar-refractivity contribution in [3.63, 3.8) is 0 Å². The van der Waals surface area contributed by atoms with Gasteiger partial charge in [-0.05, 0) is 30.7 Å². The number of amides is 1. The lowest BCUT2D eigenvalue weighted by Gasteiger charge is -2.10. The number of alkyl halides is 3. The lowest BCUT2D eigenvalue weighted by atomic mass is 10.2. The maximum Gasteiger partial charge on any atom is 0.421 e. The first kappa shape index (κ1) is 19.1. The Bertz CT molecular complexity index is 978. The summed E-state index contributed by atoms with van der Waals surface area (Å²) < 4.78 is 40.1. The van der Waals surface area contributed by atoms with Crippen molar-refractivity contribution < 1.29 is 18.0 Å². The molecule has 0 unspecified atom stereocenters. The number of thiazole rings is 1. The van der Waals surface area contributed by atoms with Gasteiger partial charge in [0.2, 0.25) is 5.91 Å². The van der Waals surface area contributed by atoms with Crippen molar-refractivity contribution in [1.29, 1.82) is 0 Å². The Labute approximate surface area is 156 Å². The summed E-state index contributed by atoms with van der Waals surface area (Å²) in [6, 6.07) is 9.59. The maximum absolute atomic E-state index is 12.7. The molecule has 3 aromatic rings. The van der Waals surface area contributed by atoms with E-state index in [1.807, 2.05) is 24.3 Å². The average molecular weight is 395 g/mol. The van der Waals surface area contributed by atoms with E-state index in [2.05, 4.69) is 10.3 Å².